The number of alkyl halides is 3. The van der Waals surface area contributed by atoms with Crippen molar-refractivity contribution in [2.24, 2.45) is 0 Å². The maximum atomic E-state index is 11.9. The molecular weight excluding hydrogens is 229 g/mol. The Morgan fingerprint density at radius 1 is 1.19 bits per heavy atom. The van der Waals surface area contributed by atoms with Crippen LogP contribution in [0, 0.1) is 0 Å². The van der Waals surface area contributed by atoms with Gasteiger partial charge in [-0.05, 0) is 0 Å². The zero-order chi connectivity index (χ0) is 12.9. The summed E-state index contributed by atoms with van der Waals surface area (Å²) in [6.07, 6.45) is -4.76. The zero-order valence-corrected chi connectivity index (χ0v) is 8.91. The second kappa shape index (κ2) is 5.57. The van der Waals surface area contributed by atoms with E-state index in [0.717, 1.165) is 11.9 Å². The number of carbonyl (C=O) groups is 2. The number of carboxylic acid groups (broad SMARTS) is 1. The van der Waals surface area contributed by atoms with Crippen LogP contribution < -0.4 is 0 Å². The predicted molar refractivity (Wildman–Crippen MR) is 49.0 cm³/mol. The van der Waals surface area contributed by atoms with E-state index in [4.69, 9.17) is 5.11 Å². The average Bonchev–Trinajstić information content (AvgIpc) is 2.10. The molecule has 0 heterocycles. The van der Waals surface area contributed by atoms with Gasteiger partial charge in [-0.15, -0.1) is 0 Å². The second-order valence-electron chi connectivity index (χ2n) is 3.32. The molecule has 0 aliphatic heterocycles. The molecule has 0 radical (unpaired) electrons. The highest BCUT2D eigenvalue weighted by Gasteiger charge is 2.32. The smallest absolute Gasteiger partial charge is 0.406 e. The summed E-state index contributed by atoms with van der Waals surface area (Å²) in [4.78, 5) is 22.9. The molecule has 0 aliphatic carbocycles. The molecule has 0 fully saturated rings. The fraction of sp³-hybridized carbons (Fsp3) is 0.750. The highest BCUT2D eigenvalue weighted by atomic mass is 19.4. The molecule has 2 amide bonds. The number of carboxylic acids is 1. The molecular formula is C8H13F3N2O3. The van der Waals surface area contributed by atoms with Crippen molar-refractivity contribution in [3.8, 4) is 0 Å². The van der Waals surface area contributed by atoms with E-state index in [1.807, 2.05) is 0 Å². The monoisotopic (exact) mass is 242 g/mol. The Morgan fingerprint density at radius 2 is 1.69 bits per heavy atom. The Morgan fingerprint density at radius 3 is 2.06 bits per heavy atom. The van der Waals surface area contributed by atoms with Gasteiger partial charge in [0, 0.05) is 20.6 Å². The molecule has 0 atom stereocenters. The number of rotatable bonds is 4. The Balaban J connectivity index is 4.17. The van der Waals surface area contributed by atoms with Gasteiger partial charge in [-0.1, -0.05) is 0 Å². The summed E-state index contributed by atoms with van der Waals surface area (Å²) < 4.78 is 35.8. The fourth-order valence-electron chi connectivity index (χ4n) is 0.987. The Kier molecular flexibility index (Phi) is 5.06. The summed E-state index contributed by atoms with van der Waals surface area (Å²) >= 11 is 0. The van der Waals surface area contributed by atoms with Crippen LogP contribution in [0.1, 0.15) is 6.42 Å². The van der Waals surface area contributed by atoms with Crippen molar-refractivity contribution in [2.75, 3.05) is 27.2 Å². The number of urea groups is 1. The van der Waals surface area contributed by atoms with Crippen LogP contribution in [0.15, 0.2) is 0 Å². The van der Waals surface area contributed by atoms with Gasteiger partial charge in [0.15, 0.2) is 0 Å². The molecule has 5 nitrogen and oxygen atoms in total. The number of aliphatic carboxylic acids is 1. The molecule has 0 aromatic heterocycles. The SMILES string of the molecule is CN(CCC(=O)O)C(=O)N(C)CC(F)(F)F. The van der Waals surface area contributed by atoms with E-state index in [9.17, 15) is 22.8 Å². The predicted octanol–water partition coefficient (Wildman–Crippen LogP) is 1.01. The number of amides is 2. The van der Waals surface area contributed by atoms with Gasteiger partial charge >= 0.3 is 18.2 Å². The molecule has 8 heteroatoms. The number of carbonyl (C=O) groups excluding carboxylic acids is 1. The molecule has 0 rings (SSSR count). The summed E-state index contributed by atoms with van der Waals surface area (Å²) in [6.45, 7) is -1.49. The molecule has 94 valence electrons. The van der Waals surface area contributed by atoms with Crippen molar-refractivity contribution in [3.63, 3.8) is 0 Å². The first kappa shape index (κ1) is 14.5. The van der Waals surface area contributed by atoms with Gasteiger partial charge < -0.3 is 14.9 Å². The minimum Gasteiger partial charge on any atom is -0.481 e. The van der Waals surface area contributed by atoms with Crippen LogP contribution in [0.5, 0.6) is 0 Å². The molecule has 0 aromatic carbocycles. The summed E-state index contributed by atoms with van der Waals surface area (Å²) in [6, 6.07) is -0.862. The van der Waals surface area contributed by atoms with Crippen molar-refractivity contribution in [3.05, 3.63) is 0 Å². The summed E-state index contributed by atoms with van der Waals surface area (Å²) in [5.74, 6) is -1.11. The molecule has 0 spiro atoms. The van der Waals surface area contributed by atoms with Gasteiger partial charge in [0.2, 0.25) is 0 Å². The van der Waals surface area contributed by atoms with Gasteiger partial charge in [0.05, 0.1) is 6.42 Å². The highest BCUT2D eigenvalue weighted by molar-refractivity contribution is 5.75. The van der Waals surface area contributed by atoms with E-state index in [-0.39, 0.29) is 13.0 Å². The number of halogens is 3. The normalized spacial score (nSPS) is 11.1. The average molecular weight is 242 g/mol. The third-order valence-electron chi connectivity index (χ3n) is 1.73. The van der Waals surface area contributed by atoms with Crippen molar-refractivity contribution in [2.45, 2.75) is 12.6 Å². The van der Waals surface area contributed by atoms with Crippen LogP contribution >= 0.6 is 0 Å². The number of nitrogens with zero attached hydrogens (tertiary/aromatic N) is 2. The Labute approximate surface area is 90.4 Å². The van der Waals surface area contributed by atoms with E-state index < -0.39 is 24.7 Å². The second-order valence-corrected chi connectivity index (χ2v) is 3.32. The number of hydrogen-bond acceptors (Lipinski definition) is 2. The van der Waals surface area contributed by atoms with E-state index in [1.165, 1.54) is 7.05 Å². The first-order valence-electron chi connectivity index (χ1n) is 4.38. The lowest BCUT2D eigenvalue weighted by Crippen LogP contribution is -2.43. The molecule has 0 bridgehead atoms. The van der Waals surface area contributed by atoms with Crippen LogP contribution in [0.2, 0.25) is 0 Å². The number of hydrogen-bond donors (Lipinski definition) is 1. The minimum atomic E-state index is -4.46. The topological polar surface area (TPSA) is 60.9 Å². The van der Waals surface area contributed by atoms with E-state index in [2.05, 4.69) is 0 Å². The standard InChI is InChI=1S/C8H13F3N2O3/c1-12(4-3-6(14)15)7(16)13(2)5-8(9,10)11/h3-5H2,1-2H3,(H,14,15). The molecule has 0 saturated heterocycles. The van der Waals surface area contributed by atoms with Crippen LogP contribution in [-0.2, 0) is 4.79 Å². The minimum absolute atomic E-state index is 0.129. The lowest BCUT2D eigenvalue weighted by Gasteiger charge is -2.25. The van der Waals surface area contributed by atoms with Crippen LogP contribution in [0.4, 0.5) is 18.0 Å². The summed E-state index contributed by atoms with van der Waals surface area (Å²) in [7, 11) is 2.26. The zero-order valence-electron chi connectivity index (χ0n) is 8.91. The molecule has 1 N–H and O–H groups in total. The van der Waals surface area contributed by atoms with Crippen molar-refractivity contribution in [1.29, 1.82) is 0 Å². The summed E-state index contributed by atoms with van der Waals surface area (Å²) in [5.41, 5.74) is 0. The van der Waals surface area contributed by atoms with E-state index in [1.54, 1.807) is 0 Å². The largest absolute Gasteiger partial charge is 0.481 e. The molecule has 0 aromatic rings. The van der Waals surface area contributed by atoms with Crippen molar-refractivity contribution < 1.29 is 27.9 Å². The molecule has 0 aliphatic rings. The summed E-state index contributed by atoms with van der Waals surface area (Å²) in [5, 5.41) is 8.34. The Bertz CT molecular complexity index is 268. The van der Waals surface area contributed by atoms with Gasteiger partial charge in [0.25, 0.3) is 0 Å². The van der Waals surface area contributed by atoms with Crippen LogP contribution in [0.3, 0.4) is 0 Å². The van der Waals surface area contributed by atoms with Crippen LogP contribution in [-0.4, -0.2) is 60.3 Å². The van der Waals surface area contributed by atoms with E-state index >= 15 is 0 Å². The lowest BCUT2D eigenvalue weighted by atomic mass is 10.4. The first-order chi connectivity index (χ1) is 7.13. The quantitative estimate of drug-likeness (QED) is 0.800. The third kappa shape index (κ3) is 6.10. The van der Waals surface area contributed by atoms with E-state index in [0.29, 0.717) is 4.90 Å². The fourth-order valence-corrected chi connectivity index (χ4v) is 0.987. The highest BCUT2D eigenvalue weighted by Crippen LogP contribution is 2.16. The third-order valence-corrected chi connectivity index (χ3v) is 1.73. The molecule has 16 heavy (non-hydrogen) atoms. The van der Waals surface area contributed by atoms with Gasteiger partial charge in [-0.3, -0.25) is 4.79 Å². The first-order valence-corrected chi connectivity index (χ1v) is 4.38. The molecule has 0 unspecified atom stereocenters. The lowest BCUT2D eigenvalue weighted by molar-refractivity contribution is -0.140. The maximum absolute atomic E-state index is 11.9. The van der Waals surface area contributed by atoms with Gasteiger partial charge in [-0.25, -0.2) is 4.79 Å². The maximum Gasteiger partial charge on any atom is 0.406 e. The van der Waals surface area contributed by atoms with Gasteiger partial charge in [-0.2, -0.15) is 13.2 Å². The van der Waals surface area contributed by atoms with Crippen LogP contribution in [0.25, 0.3) is 0 Å². The van der Waals surface area contributed by atoms with Crippen molar-refractivity contribution in [1.82, 2.24) is 9.80 Å². The van der Waals surface area contributed by atoms with Crippen molar-refractivity contribution >= 4 is 12.0 Å². The van der Waals surface area contributed by atoms with Gasteiger partial charge in [0.1, 0.15) is 6.54 Å². The molecule has 0 saturated carbocycles. The Hall–Kier alpha value is -1.47.